The van der Waals surface area contributed by atoms with Crippen LogP contribution in [-0.4, -0.2) is 11.9 Å². The Morgan fingerprint density at radius 2 is 1.89 bits per heavy atom. The van der Waals surface area contributed by atoms with Crippen molar-refractivity contribution in [3.8, 4) is 0 Å². The molecule has 2 heterocycles. The average molecular weight is 239 g/mol. The molecule has 0 unspecified atom stereocenters. The second-order valence-corrected chi connectivity index (χ2v) is 3.72. The number of benzene rings is 1. The van der Waals surface area contributed by atoms with Crippen molar-refractivity contribution in [2.45, 2.75) is 0 Å². The van der Waals surface area contributed by atoms with Gasteiger partial charge in [-0.3, -0.25) is 0 Å². The number of esters is 1. The van der Waals surface area contributed by atoms with Gasteiger partial charge in [0.15, 0.2) is 5.70 Å². The standard InChI is InChI=1S/C14H9NO3/c16-14-12(9-11-7-4-8-17-11)15-13(18-14)10-5-2-1-3-6-10/h1-9H/b12-9+. The normalized spacial score (nSPS) is 16.8. The molecule has 4 nitrogen and oxygen atoms in total. The van der Waals surface area contributed by atoms with Crippen LogP contribution in [0.3, 0.4) is 0 Å². The lowest BCUT2D eigenvalue weighted by molar-refractivity contribution is -0.129. The summed E-state index contributed by atoms with van der Waals surface area (Å²) in [5.74, 6) is 0.420. The van der Waals surface area contributed by atoms with Crippen LogP contribution in [-0.2, 0) is 9.53 Å². The summed E-state index contributed by atoms with van der Waals surface area (Å²) in [5.41, 5.74) is 1.01. The van der Waals surface area contributed by atoms with Crippen molar-refractivity contribution in [1.29, 1.82) is 0 Å². The topological polar surface area (TPSA) is 51.8 Å². The second-order valence-electron chi connectivity index (χ2n) is 3.72. The van der Waals surface area contributed by atoms with E-state index in [9.17, 15) is 4.79 Å². The molecule has 1 aliphatic rings. The van der Waals surface area contributed by atoms with Crippen molar-refractivity contribution in [2.24, 2.45) is 4.99 Å². The Morgan fingerprint density at radius 3 is 2.61 bits per heavy atom. The number of ether oxygens (including phenoxy) is 1. The van der Waals surface area contributed by atoms with Crippen molar-refractivity contribution < 1.29 is 13.9 Å². The fourth-order valence-electron chi connectivity index (χ4n) is 1.62. The molecule has 0 atom stereocenters. The summed E-state index contributed by atoms with van der Waals surface area (Å²) in [6.07, 6.45) is 3.09. The van der Waals surface area contributed by atoms with Crippen LogP contribution in [0.1, 0.15) is 11.3 Å². The van der Waals surface area contributed by atoms with Gasteiger partial charge in [-0.05, 0) is 24.3 Å². The quantitative estimate of drug-likeness (QED) is 0.598. The SMILES string of the molecule is O=C1OC(c2ccccc2)=N/C1=C/c1ccco1. The molecule has 0 bridgehead atoms. The lowest BCUT2D eigenvalue weighted by Gasteiger charge is -1.97. The van der Waals surface area contributed by atoms with Crippen molar-refractivity contribution in [2.75, 3.05) is 0 Å². The van der Waals surface area contributed by atoms with Crippen LogP contribution in [0.2, 0.25) is 0 Å². The van der Waals surface area contributed by atoms with Gasteiger partial charge in [0, 0.05) is 11.6 Å². The van der Waals surface area contributed by atoms with E-state index in [2.05, 4.69) is 4.99 Å². The molecule has 3 rings (SSSR count). The molecule has 18 heavy (non-hydrogen) atoms. The highest BCUT2D eigenvalue weighted by Crippen LogP contribution is 2.18. The number of carbonyl (C=O) groups is 1. The molecule has 0 N–H and O–H groups in total. The Bertz CT molecular complexity index is 624. The number of hydrogen-bond donors (Lipinski definition) is 0. The number of furan rings is 1. The second kappa shape index (κ2) is 4.33. The predicted octanol–water partition coefficient (Wildman–Crippen LogP) is 2.62. The Hall–Kier alpha value is -2.62. The van der Waals surface area contributed by atoms with Crippen molar-refractivity contribution in [3.63, 3.8) is 0 Å². The summed E-state index contributed by atoms with van der Waals surface area (Å²) in [5, 5.41) is 0. The maximum atomic E-state index is 11.6. The molecule has 2 aromatic rings. The van der Waals surface area contributed by atoms with E-state index in [0.29, 0.717) is 11.7 Å². The maximum absolute atomic E-state index is 11.6. The first kappa shape index (κ1) is 10.5. The van der Waals surface area contributed by atoms with Crippen LogP contribution in [0.15, 0.2) is 63.8 Å². The van der Waals surface area contributed by atoms with Gasteiger partial charge >= 0.3 is 5.97 Å². The van der Waals surface area contributed by atoms with Crippen LogP contribution in [0, 0.1) is 0 Å². The largest absolute Gasteiger partial charge is 0.465 e. The minimum absolute atomic E-state index is 0.240. The predicted molar refractivity (Wildman–Crippen MR) is 65.8 cm³/mol. The summed E-state index contributed by atoms with van der Waals surface area (Å²) in [7, 11) is 0. The van der Waals surface area contributed by atoms with E-state index >= 15 is 0 Å². The molecule has 88 valence electrons. The van der Waals surface area contributed by atoms with E-state index in [4.69, 9.17) is 9.15 Å². The first-order valence-corrected chi connectivity index (χ1v) is 5.44. The molecular weight excluding hydrogens is 230 g/mol. The van der Waals surface area contributed by atoms with E-state index in [1.54, 1.807) is 18.2 Å². The zero-order valence-electron chi connectivity index (χ0n) is 9.37. The highest BCUT2D eigenvalue weighted by molar-refractivity contribution is 6.12. The highest BCUT2D eigenvalue weighted by atomic mass is 16.6. The van der Waals surface area contributed by atoms with E-state index in [1.165, 1.54) is 6.26 Å². The number of hydrogen-bond acceptors (Lipinski definition) is 4. The molecule has 0 spiro atoms. The Labute approximate surface area is 103 Å². The fraction of sp³-hybridized carbons (Fsp3) is 0. The average Bonchev–Trinajstić information content (AvgIpc) is 3.02. The third-order valence-corrected chi connectivity index (χ3v) is 2.46. The molecule has 0 saturated carbocycles. The van der Waals surface area contributed by atoms with Gasteiger partial charge in [-0.1, -0.05) is 18.2 Å². The molecular formula is C14H9NO3. The Kier molecular flexibility index (Phi) is 2.53. The summed E-state index contributed by atoms with van der Waals surface area (Å²) in [6, 6.07) is 12.8. The van der Waals surface area contributed by atoms with Crippen molar-refractivity contribution >= 4 is 17.9 Å². The number of cyclic esters (lactones) is 1. The smallest absolute Gasteiger partial charge is 0.363 e. The lowest BCUT2D eigenvalue weighted by Crippen LogP contribution is -2.04. The third kappa shape index (κ3) is 1.96. The number of rotatable bonds is 2. The molecule has 4 heteroatoms. The van der Waals surface area contributed by atoms with Gasteiger partial charge in [0.05, 0.1) is 6.26 Å². The monoisotopic (exact) mass is 239 g/mol. The van der Waals surface area contributed by atoms with Gasteiger partial charge in [-0.15, -0.1) is 0 Å². The van der Waals surface area contributed by atoms with E-state index in [-0.39, 0.29) is 5.70 Å². The number of carbonyl (C=O) groups excluding carboxylic acids is 1. The zero-order valence-corrected chi connectivity index (χ0v) is 9.37. The minimum Gasteiger partial charge on any atom is -0.465 e. The molecule has 1 aromatic heterocycles. The van der Waals surface area contributed by atoms with E-state index < -0.39 is 5.97 Å². The van der Waals surface area contributed by atoms with Gasteiger partial charge in [0.25, 0.3) is 0 Å². The highest BCUT2D eigenvalue weighted by Gasteiger charge is 2.24. The van der Waals surface area contributed by atoms with Gasteiger partial charge in [-0.25, -0.2) is 9.79 Å². The first-order chi connectivity index (χ1) is 8.83. The van der Waals surface area contributed by atoms with Gasteiger partial charge < -0.3 is 9.15 Å². The summed E-state index contributed by atoms with van der Waals surface area (Å²) in [6.45, 7) is 0. The third-order valence-electron chi connectivity index (χ3n) is 2.46. The van der Waals surface area contributed by atoms with Crippen molar-refractivity contribution in [3.05, 3.63) is 65.7 Å². The van der Waals surface area contributed by atoms with Crippen LogP contribution >= 0.6 is 0 Å². The lowest BCUT2D eigenvalue weighted by atomic mass is 10.2. The molecule has 0 radical (unpaired) electrons. The van der Waals surface area contributed by atoms with Gasteiger partial charge in [-0.2, -0.15) is 0 Å². The molecule has 0 fully saturated rings. The molecule has 1 aliphatic heterocycles. The molecule has 0 saturated heterocycles. The number of nitrogens with zero attached hydrogens (tertiary/aromatic N) is 1. The van der Waals surface area contributed by atoms with Crippen molar-refractivity contribution in [1.82, 2.24) is 0 Å². The maximum Gasteiger partial charge on any atom is 0.363 e. The summed E-state index contributed by atoms with van der Waals surface area (Å²) in [4.78, 5) is 15.8. The van der Waals surface area contributed by atoms with Crippen LogP contribution in [0.4, 0.5) is 0 Å². The first-order valence-electron chi connectivity index (χ1n) is 5.44. The molecule has 1 aromatic carbocycles. The van der Waals surface area contributed by atoms with Gasteiger partial charge in [0.1, 0.15) is 5.76 Å². The van der Waals surface area contributed by atoms with E-state index in [0.717, 1.165) is 5.56 Å². The number of aliphatic imine (C=N–C) groups is 1. The summed E-state index contributed by atoms with van der Waals surface area (Å²) < 4.78 is 10.2. The fourth-order valence-corrected chi connectivity index (χ4v) is 1.62. The van der Waals surface area contributed by atoms with Crippen LogP contribution < -0.4 is 0 Å². The van der Waals surface area contributed by atoms with Crippen LogP contribution in [0.5, 0.6) is 0 Å². The summed E-state index contributed by atoms with van der Waals surface area (Å²) >= 11 is 0. The Balaban J connectivity index is 1.95. The van der Waals surface area contributed by atoms with Gasteiger partial charge in [0.2, 0.25) is 5.90 Å². The van der Waals surface area contributed by atoms with Crippen LogP contribution in [0.25, 0.3) is 6.08 Å². The zero-order chi connectivity index (χ0) is 12.4. The molecule has 0 amide bonds. The minimum atomic E-state index is -0.467. The molecule has 0 aliphatic carbocycles. The Morgan fingerprint density at radius 1 is 1.06 bits per heavy atom. The van der Waals surface area contributed by atoms with E-state index in [1.807, 2.05) is 30.3 Å².